The zero-order valence-corrected chi connectivity index (χ0v) is 12.9. The number of rotatable bonds is 2. The molecule has 2 fully saturated rings. The summed E-state index contributed by atoms with van der Waals surface area (Å²) in [6.45, 7) is 1.31. The number of cyclic esters (lactones) is 1. The van der Waals surface area contributed by atoms with Gasteiger partial charge in [-0.2, -0.15) is 0 Å². The zero-order valence-electron chi connectivity index (χ0n) is 12.9. The third kappa shape index (κ3) is 2.49. The molecule has 1 aromatic carbocycles. The second-order valence-corrected chi connectivity index (χ2v) is 6.00. The number of carbonyl (C=O) groups is 2. The Morgan fingerprint density at radius 1 is 1.12 bits per heavy atom. The van der Waals surface area contributed by atoms with Crippen molar-refractivity contribution in [3.05, 3.63) is 42.5 Å². The lowest BCUT2D eigenvalue weighted by atomic mass is 9.92. The number of carbonyl (C=O) groups excluding carboxylic acids is 2. The Bertz CT molecular complexity index is 766. The van der Waals surface area contributed by atoms with Crippen molar-refractivity contribution >= 4 is 12.1 Å². The largest absolute Gasteiger partial charge is 0.509 e. The highest BCUT2D eigenvalue weighted by atomic mass is 16.8. The van der Waals surface area contributed by atoms with Gasteiger partial charge in [-0.3, -0.25) is 9.36 Å². The smallest absolute Gasteiger partial charge is 0.430 e. The van der Waals surface area contributed by atoms with Crippen LogP contribution in [0.4, 0.5) is 4.79 Å². The number of benzene rings is 1. The molecule has 2 aliphatic rings. The number of aromatic nitrogens is 3. The van der Waals surface area contributed by atoms with E-state index in [1.165, 1.54) is 0 Å². The number of hydrogen-bond acceptors (Lipinski definition) is 6. The van der Waals surface area contributed by atoms with E-state index in [0.717, 1.165) is 5.69 Å². The fourth-order valence-corrected chi connectivity index (χ4v) is 3.16. The fourth-order valence-electron chi connectivity index (χ4n) is 3.16. The first-order valence-electron chi connectivity index (χ1n) is 7.76. The van der Waals surface area contributed by atoms with Gasteiger partial charge in [0.25, 0.3) is 5.91 Å². The highest BCUT2D eigenvalue weighted by molar-refractivity contribution is 5.97. The van der Waals surface area contributed by atoms with E-state index < -0.39 is 11.8 Å². The van der Waals surface area contributed by atoms with Gasteiger partial charge >= 0.3 is 6.16 Å². The van der Waals surface area contributed by atoms with Crippen molar-refractivity contribution in [2.45, 2.75) is 18.4 Å². The van der Waals surface area contributed by atoms with Crippen molar-refractivity contribution in [2.24, 2.45) is 0 Å². The van der Waals surface area contributed by atoms with Crippen LogP contribution in [-0.4, -0.2) is 57.0 Å². The number of hydrogen-bond donors (Lipinski definition) is 0. The highest BCUT2D eigenvalue weighted by Gasteiger charge is 2.45. The monoisotopic (exact) mass is 328 g/mol. The summed E-state index contributed by atoms with van der Waals surface area (Å²) >= 11 is 0. The van der Waals surface area contributed by atoms with Crippen LogP contribution in [0, 0.1) is 0 Å². The number of nitrogens with zero attached hydrogens (tertiary/aromatic N) is 4. The van der Waals surface area contributed by atoms with E-state index >= 15 is 0 Å². The Kier molecular flexibility index (Phi) is 3.44. The first kappa shape index (κ1) is 14.7. The van der Waals surface area contributed by atoms with Crippen LogP contribution < -0.4 is 0 Å². The lowest BCUT2D eigenvalue weighted by Gasteiger charge is -2.36. The number of para-hydroxylation sites is 1. The molecule has 1 amide bonds. The average molecular weight is 328 g/mol. The van der Waals surface area contributed by atoms with Crippen LogP contribution in [0.3, 0.4) is 0 Å². The van der Waals surface area contributed by atoms with E-state index in [1.54, 1.807) is 28.2 Å². The molecule has 0 atom stereocenters. The lowest BCUT2D eigenvalue weighted by molar-refractivity contribution is 0.00282. The first-order valence-corrected chi connectivity index (χ1v) is 7.76. The van der Waals surface area contributed by atoms with Crippen LogP contribution in [0.15, 0.2) is 36.9 Å². The third-order valence-corrected chi connectivity index (χ3v) is 4.55. The minimum absolute atomic E-state index is 0.0561. The standard InChI is InChI=1S/C16H16N4O4/c21-14(12-3-1-2-4-13(12)20-10-17-18-11-20)19-7-5-16(6-8-19)9-23-15(22)24-16/h1-4,10-11H,5-9H2. The molecule has 124 valence electrons. The fraction of sp³-hybridized carbons (Fsp3) is 0.375. The summed E-state index contributed by atoms with van der Waals surface area (Å²) < 4.78 is 11.9. The molecule has 2 aromatic rings. The van der Waals surface area contributed by atoms with E-state index in [4.69, 9.17) is 9.47 Å². The van der Waals surface area contributed by atoms with Crippen molar-refractivity contribution < 1.29 is 19.1 Å². The van der Waals surface area contributed by atoms with Gasteiger partial charge in [0.15, 0.2) is 5.60 Å². The molecule has 4 rings (SSSR count). The third-order valence-electron chi connectivity index (χ3n) is 4.55. The molecule has 3 heterocycles. The van der Waals surface area contributed by atoms with E-state index in [1.807, 2.05) is 18.2 Å². The van der Waals surface area contributed by atoms with Crippen LogP contribution in [0.5, 0.6) is 0 Å². The Morgan fingerprint density at radius 3 is 2.50 bits per heavy atom. The van der Waals surface area contributed by atoms with Crippen molar-refractivity contribution in [1.82, 2.24) is 19.7 Å². The topological polar surface area (TPSA) is 86.6 Å². The molecular weight excluding hydrogens is 312 g/mol. The maximum Gasteiger partial charge on any atom is 0.509 e. The molecule has 0 unspecified atom stereocenters. The van der Waals surface area contributed by atoms with E-state index in [-0.39, 0.29) is 12.5 Å². The van der Waals surface area contributed by atoms with E-state index in [0.29, 0.717) is 31.5 Å². The molecule has 1 aromatic heterocycles. The minimum atomic E-state index is -0.618. The van der Waals surface area contributed by atoms with Crippen molar-refractivity contribution in [3.63, 3.8) is 0 Å². The number of amides is 1. The normalized spacial score (nSPS) is 19.2. The van der Waals surface area contributed by atoms with Gasteiger partial charge in [0.05, 0.1) is 11.3 Å². The molecule has 0 N–H and O–H groups in total. The molecule has 8 nitrogen and oxygen atoms in total. The molecule has 0 radical (unpaired) electrons. The zero-order chi connectivity index (χ0) is 16.6. The Hall–Kier alpha value is -2.90. The molecule has 1 spiro atoms. The summed E-state index contributed by atoms with van der Waals surface area (Å²) in [5.41, 5.74) is 0.762. The number of ether oxygens (including phenoxy) is 2. The molecule has 2 saturated heterocycles. The lowest BCUT2D eigenvalue weighted by Crippen LogP contribution is -2.48. The Morgan fingerprint density at radius 2 is 1.83 bits per heavy atom. The van der Waals surface area contributed by atoms with Gasteiger partial charge in [-0.25, -0.2) is 4.79 Å². The first-order chi connectivity index (χ1) is 11.7. The van der Waals surface area contributed by atoms with Gasteiger partial charge in [-0.15, -0.1) is 10.2 Å². The highest BCUT2D eigenvalue weighted by Crippen LogP contribution is 2.32. The van der Waals surface area contributed by atoms with Crippen LogP contribution in [-0.2, 0) is 9.47 Å². The summed E-state index contributed by atoms with van der Waals surface area (Å²) in [6.07, 6.45) is 3.67. The second-order valence-electron chi connectivity index (χ2n) is 6.00. The second kappa shape index (κ2) is 5.63. The van der Waals surface area contributed by atoms with Crippen molar-refractivity contribution in [3.8, 4) is 5.69 Å². The SMILES string of the molecule is O=C1OCC2(CCN(C(=O)c3ccccc3-n3cnnc3)CC2)O1. The van der Waals surface area contributed by atoms with Crippen LogP contribution in [0.2, 0.25) is 0 Å². The predicted molar refractivity (Wildman–Crippen MR) is 81.7 cm³/mol. The van der Waals surface area contributed by atoms with Gasteiger partial charge in [0, 0.05) is 25.9 Å². The van der Waals surface area contributed by atoms with Gasteiger partial charge in [-0.05, 0) is 12.1 Å². The molecule has 0 aliphatic carbocycles. The van der Waals surface area contributed by atoms with E-state index in [2.05, 4.69) is 10.2 Å². The van der Waals surface area contributed by atoms with Crippen LogP contribution in [0.25, 0.3) is 5.69 Å². The molecule has 2 aliphatic heterocycles. The van der Waals surface area contributed by atoms with Crippen LogP contribution in [0.1, 0.15) is 23.2 Å². The maximum atomic E-state index is 12.9. The summed E-state index contributed by atoms with van der Waals surface area (Å²) in [4.78, 5) is 25.9. The Labute approximate surface area is 138 Å². The molecule has 24 heavy (non-hydrogen) atoms. The van der Waals surface area contributed by atoms with Crippen LogP contribution >= 0.6 is 0 Å². The summed E-state index contributed by atoms with van der Waals surface area (Å²) in [7, 11) is 0. The molecule has 8 heteroatoms. The van der Waals surface area contributed by atoms with Gasteiger partial charge < -0.3 is 14.4 Å². The summed E-state index contributed by atoms with van der Waals surface area (Å²) in [6, 6.07) is 7.35. The maximum absolute atomic E-state index is 12.9. The quantitative estimate of drug-likeness (QED) is 0.775. The van der Waals surface area contributed by atoms with Gasteiger partial charge in [0.1, 0.15) is 19.3 Å². The number of piperidine rings is 1. The minimum Gasteiger partial charge on any atom is -0.430 e. The predicted octanol–water partition coefficient (Wildman–Crippen LogP) is 1.41. The van der Waals surface area contributed by atoms with E-state index in [9.17, 15) is 9.59 Å². The summed E-state index contributed by atoms with van der Waals surface area (Å²) in [5.74, 6) is -0.0561. The average Bonchev–Trinajstić information content (AvgIpc) is 3.26. The van der Waals surface area contributed by atoms with Gasteiger partial charge in [-0.1, -0.05) is 12.1 Å². The van der Waals surface area contributed by atoms with Crippen molar-refractivity contribution in [2.75, 3.05) is 19.7 Å². The molecule has 0 saturated carbocycles. The number of likely N-dealkylation sites (tertiary alicyclic amines) is 1. The van der Waals surface area contributed by atoms with Crippen molar-refractivity contribution in [1.29, 1.82) is 0 Å². The molecule has 0 bridgehead atoms. The van der Waals surface area contributed by atoms with Gasteiger partial charge in [0.2, 0.25) is 0 Å². The Balaban J connectivity index is 1.53. The molecular formula is C16H16N4O4. The summed E-state index contributed by atoms with van der Waals surface area (Å²) in [5, 5.41) is 7.58.